The van der Waals surface area contributed by atoms with Crippen LogP contribution in [0.1, 0.15) is 20.8 Å². The molecule has 0 unspecified atom stereocenters. The number of aromatic nitrogens is 2. The van der Waals surface area contributed by atoms with Crippen molar-refractivity contribution in [2.75, 3.05) is 0 Å². The zero-order valence-electron chi connectivity index (χ0n) is 8.22. The highest BCUT2D eigenvalue weighted by Crippen LogP contribution is 2.10. The van der Waals surface area contributed by atoms with Crippen molar-refractivity contribution in [3.8, 4) is 6.01 Å². The number of nitrogens with one attached hydrogen (secondary N) is 2. The van der Waals surface area contributed by atoms with Gasteiger partial charge in [-0.1, -0.05) is 11.6 Å². The Bertz CT molecular complexity index is 330. The van der Waals surface area contributed by atoms with Crippen LogP contribution in [0, 0.1) is 0 Å². The molecule has 1 rings (SSSR count). The smallest absolute Gasteiger partial charge is 0.375 e. The van der Waals surface area contributed by atoms with Gasteiger partial charge in [0.1, 0.15) is 0 Å². The molecule has 0 atom stereocenters. The van der Waals surface area contributed by atoms with E-state index in [1.807, 2.05) is 20.8 Å². The third kappa shape index (κ3) is 3.66. The number of rotatable bonds is 1. The average molecular weight is 218 g/mol. The number of hydrogen-bond acceptors (Lipinski definition) is 3. The predicted octanol–water partition coefficient (Wildman–Crippen LogP) is 1.95. The molecule has 0 aliphatic heterocycles. The summed E-state index contributed by atoms with van der Waals surface area (Å²) in [7, 11) is 0. The standard InChI is InChI=1S/C8H12ClN3O2/c1-8(2,3)12-7(13)14-6-10-4-5(9)11-6/h4H,1-3H3,(H,10,11)(H,12,13). The number of halogens is 1. The Labute approximate surface area is 86.8 Å². The molecule has 6 heteroatoms. The normalized spacial score (nSPS) is 11.1. The molecule has 78 valence electrons. The van der Waals surface area contributed by atoms with E-state index in [4.69, 9.17) is 16.3 Å². The largest absolute Gasteiger partial charge is 0.415 e. The van der Waals surface area contributed by atoms with Crippen LogP contribution in [0.4, 0.5) is 4.79 Å². The van der Waals surface area contributed by atoms with Gasteiger partial charge < -0.3 is 15.0 Å². The maximum atomic E-state index is 11.2. The average Bonchev–Trinajstić information content (AvgIpc) is 2.30. The fourth-order valence-corrected chi connectivity index (χ4v) is 0.886. The van der Waals surface area contributed by atoms with E-state index in [2.05, 4.69) is 15.3 Å². The molecular weight excluding hydrogens is 206 g/mol. The highest BCUT2D eigenvalue weighted by Gasteiger charge is 2.16. The zero-order valence-corrected chi connectivity index (χ0v) is 8.97. The predicted molar refractivity (Wildman–Crippen MR) is 52.5 cm³/mol. The molecule has 1 aromatic rings. The van der Waals surface area contributed by atoms with Crippen molar-refractivity contribution in [2.45, 2.75) is 26.3 Å². The van der Waals surface area contributed by atoms with E-state index in [9.17, 15) is 4.79 Å². The Balaban J connectivity index is 2.50. The van der Waals surface area contributed by atoms with Gasteiger partial charge in [-0.05, 0) is 20.8 Å². The summed E-state index contributed by atoms with van der Waals surface area (Å²) in [5.41, 5.74) is -0.340. The third-order valence-corrected chi connectivity index (χ3v) is 1.38. The fourth-order valence-electron chi connectivity index (χ4n) is 0.755. The summed E-state index contributed by atoms with van der Waals surface area (Å²) in [5, 5.41) is 2.87. The molecule has 0 aliphatic rings. The zero-order chi connectivity index (χ0) is 10.8. The highest BCUT2D eigenvalue weighted by molar-refractivity contribution is 6.29. The summed E-state index contributed by atoms with van der Waals surface area (Å²) in [5.74, 6) is 0. The Morgan fingerprint density at radius 1 is 1.64 bits per heavy atom. The van der Waals surface area contributed by atoms with E-state index in [1.165, 1.54) is 6.20 Å². The van der Waals surface area contributed by atoms with Gasteiger partial charge >= 0.3 is 12.1 Å². The number of ether oxygens (including phenoxy) is 1. The number of H-pyrrole nitrogens is 1. The molecule has 1 heterocycles. The van der Waals surface area contributed by atoms with Crippen LogP contribution in [-0.2, 0) is 0 Å². The van der Waals surface area contributed by atoms with Gasteiger partial charge in [-0.2, -0.15) is 4.98 Å². The highest BCUT2D eigenvalue weighted by atomic mass is 35.5. The molecule has 1 aromatic heterocycles. The van der Waals surface area contributed by atoms with Crippen LogP contribution < -0.4 is 10.1 Å². The summed E-state index contributed by atoms with van der Waals surface area (Å²) in [6.07, 6.45) is 0.866. The third-order valence-electron chi connectivity index (χ3n) is 1.19. The Morgan fingerprint density at radius 2 is 2.29 bits per heavy atom. The van der Waals surface area contributed by atoms with Crippen LogP contribution in [0.15, 0.2) is 6.20 Å². The lowest BCUT2D eigenvalue weighted by atomic mass is 10.1. The van der Waals surface area contributed by atoms with Crippen molar-refractivity contribution in [1.29, 1.82) is 0 Å². The van der Waals surface area contributed by atoms with Gasteiger partial charge in [0.05, 0.1) is 0 Å². The van der Waals surface area contributed by atoms with Crippen LogP contribution >= 0.6 is 11.6 Å². The van der Waals surface area contributed by atoms with Gasteiger partial charge in [0.15, 0.2) is 5.15 Å². The lowest BCUT2D eigenvalue weighted by Gasteiger charge is -2.18. The van der Waals surface area contributed by atoms with E-state index in [-0.39, 0.29) is 16.7 Å². The molecule has 0 saturated heterocycles. The minimum absolute atomic E-state index is 0.0803. The van der Waals surface area contributed by atoms with Crippen molar-refractivity contribution >= 4 is 17.7 Å². The van der Waals surface area contributed by atoms with Gasteiger partial charge in [-0.25, -0.2) is 4.79 Å². The van der Waals surface area contributed by atoms with E-state index >= 15 is 0 Å². The molecule has 0 saturated carbocycles. The summed E-state index contributed by atoms with van der Waals surface area (Å²) in [4.78, 5) is 17.5. The van der Waals surface area contributed by atoms with Crippen LogP contribution in [0.3, 0.4) is 0 Å². The van der Waals surface area contributed by atoms with E-state index in [1.54, 1.807) is 0 Å². The van der Waals surface area contributed by atoms with Crippen molar-refractivity contribution < 1.29 is 9.53 Å². The number of aromatic amines is 1. The first-order valence-electron chi connectivity index (χ1n) is 4.08. The Morgan fingerprint density at radius 3 is 2.71 bits per heavy atom. The number of hydrogen-bond donors (Lipinski definition) is 2. The van der Waals surface area contributed by atoms with Crippen molar-refractivity contribution in [1.82, 2.24) is 15.3 Å². The molecule has 0 aliphatic carbocycles. The summed E-state index contributed by atoms with van der Waals surface area (Å²) in [6, 6.07) is 0.0803. The molecule has 14 heavy (non-hydrogen) atoms. The molecule has 0 aromatic carbocycles. The maximum absolute atomic E-state index is 11.2. The van der Waals surface area contributed by atoms with Gasteiger partial charge in [-0.3, -0.25) is 0 Å². The second kappa shape index (κ2) is 3.88. The van der Waals surface area contributed by atoms with Gasteiger partial charge in [0, 0.05) is 11.7 Å². The van der Waals surface area contributed by atoms with E-state index in [0.717, 1.165) is 0 Å². The van der Waals surface area contributed by atoms with E-state index in [0.29, 0.717) is 0 Å². The monoisotopic (exact) mass is 217 g/mol. The number of carbonyl (C=O) groups excluding carboxylic acids is 1. The molecule has 0 bridgehead atoms. The minimum Gasteiger partial charge on any atom is -0.375 e. The first-order valence-corrected chi connectivity index (χ1v) is 4.45. The molecular formula is C8H12ClN3O2. The van der Waals surface area contributed by atoms with Gasteiger partial charge in [0.25, 0.3) is 0 Å². The topological polar surface area (TPSA) is 67.0 Å². The van der Waals surface area contributed by atoms with Crippen molar-refractivity contribution in [3.63, 3.8) is 0 Å². The molecule has 0 spiro atoms. The molecule has 0 fully saturated rings. The minimum atomic E-state index is -0.566. The SMILES string of the molecule is CC(C)(C)NC(=O)Oc1nc(Cl)c[nH]1. The first-order chi connectivity index (χ1) is 6.37. The first kappa shape index (κ1) is 10.8. The van der Waals surface area contributed by atoms with Crippen LogP contribution in [0.5, 0.6) is 6.01 Å². The summed E-state index contributed by atoms with van der Waals surface area (Å²) < 4.78 is 4.81. The van der Waals surface area contributed by atoms with Crippen molar-refractivity contribution in [3.05, 3.63) is 11.3 Å². The van der Waals surface area contributed by atoms with Crippen LogP contribution in [-0.4, -0.2) is 21.6 Å². The molecule has 2 N–H and O–H groups in total. The Hall–Kier alpha value is -1.23. The lowest BCUT2D eigenvalue weighted by Crippen LogP contribution is -2.42. The maximum Gasteiger partial charge on any atom is 0.415 e. The molecule has 5 nitrogen and oxygen atoms in total. The van der Waals surface area contributed by atoms with Crippen molar-refractivity contribution in [2.24, 2.45) is 0 Å². The molecule has 1 amide bonds. The Kier molecular flexibility index (Phi) is 3.00. The van der Waals surface area contributed by atoms with Gasteiger partial charge in [0.2, 0.25) is 0 Å². The number of imidazole rings is 1. The summed E-state index contributed by atoms with van der Waals surface area (Å²) >= 11 is 5.52. The lowest BCUT2D eigenvalue weighted by molar-refractivity contribution is 0.187. The fraction of sp³-hybridized carbons (Fsp3) is 0.500. The second-order valence-corrected chi connectivity index (χ2v) is 4.18. The van der Waals surface area contributed by atoms with E-state index < -0.39 is 6.09 Å². The number of carbonyl (C=O) groups is 1. The quantitative estimate of drug-likeness (QED) is 0.756. The van der Waals surface area contributed by atoms with Crippen LogP contribution in [0.25, 0.3) is 0 Å². The molecule has 0 radical (unpaired) electrons. The number of amides is 1. The number of nitrogens with zero attached hydrogens (tertiary/aromatic N) is 1. The second-order valence-electron chi connectivity index (χ2n) is 3.79. The summed E-state index contributed by atoms with van der Waals surface area (Å²) in [6.45, 7) is 5.55. The van der Waals surface area contributed by atoms with Crippen LogP contribution in [0.2, 0.25) is 5.15 Å². The van der Waals surface area contributed by atoms with Gasteiger partial charge in [-0.15, -0.1) is 0 Å².